The SMILES string of the molecule is CC(C)n1c(CN(CC2CC2)C(=O)c2ccc3c(c2)OCO3)cnc1S(=O)(=O)Cc1ccccc1Cl. The molecule has 1 aromatic heterocycles. The lowest BCUT2D eigenvalue weighted by atomic mass is 10.1. The lowest BCUT2D eigenvalue weighted by Crippen LogP contribution is -2.33. The number of rotatable bonds is 9. The van der Waals surface area contributed by atoms with Crippen LogP contribution in [-0.2, 0) is 22.1 Å². The van der Waals surface area contributed by atoms with Crippen LogP contribution >= 0.6 is 11.6 Å². The summed E-state index contributed by atoms with van der Waals surface area (Å²) in [5.41, 5.74) is 1.69. The first-order chi connectivity index (χ1) is 17.2. The quantitative estimate of drug-likeness (QED) is 0.392. The molecule has 0 saturated heterocycles. The van der Waals surface area contributed by atoms with Gasteiger partial charge in [0.05, 0.1) is 24.2 Å². The lowest BCUT2D eigenvalue weighted by Gasteiger charge is -2.25. The van der Waals surface area contributed by atoms with Gasteiger partial charge in [-0.1, -0.05) is 29.8 Å². The first-order valence-electron chi connectivity index (χ1n) is 11.9. The van der Waals surface area contributed by atoms with E-state index in [0.717, 1.165) is 12.8 Å². The summed E-state index contributed by atoms with van der Waals surface area (Å²) < 4.78 is 39.3. The molecule has 0 N–H and O–H groups in total. The molecular weight excluding hydrogens is 502 g/mol. The van der Waals surface area contributed by atoms with Crippen LogP contribution < -0.4 is 9.47 Å². The van der Waals surface area contributed by atoms with E-state index in [2.05, 4.69) is 4.98 Å². The molecule has 2 aliphatic rings. The van der Waals surface area contributed by atoms with Crippen LogP contribution in [0.15, 0.2) is 53.8 Å². The summed E-state index contributed by atoms with van der Waals surface area (Å²) in [5, 5.41) is 0.378. The zero-order valence-electron chi connectivity index (χ0n) is 20.2. The monoisotopic (exact) mass is 529 g/mol. The van der Waals surface area contributed by atoms with Crippen molar-refractivity contribution in [1.29, 1.82) is 0 Å². The molecule has 1 amide bonds. The fourth-order valence-electron chi connectivity index (χ4n) is 4.40. The molecule has 10 heteroatoms. The van der Waals surface area contributed by atoms with E-state index >= 15 is 0 Å². The van der Waals surface area contributed by atoms with Crippen LogP contribution in [-0.4, -0.2) is 42.1 Å². The molecule has 0 atom stereocenters. The van der Waals surface area contributed by atoms with Gasteiger partial charge >= 0.3 is 0 Å². The van der Waals surface area contributed by atoms with Crippen LogP contribution in [0, 0.1) is 5.92 Å². The number of carbonyl (C=O) groups is 1. The van der Waals surface area contributed by atoms with Gasteiger partial charge in [0.15, 0.2) is 11.5 Å². The Morgan fingerprint density at radius 1 is 1.17 bits per heavy atom. The minimum atomic E-state index is -3.78. The Hall–Kier alpha value is -3.04. The molecule has 1 saturated carbocycles. The fourth-order valence-corrected chi connectivity index (χ4v) is 6.31. The molecule has 0 spiro atoms. The Labute approximate surface area is 215 Å². The topological polar surface area (TPSA) is 90.7 Å². The third kappa shape index (κ3) is 5.08. The van der Waals surface area contributed by atoms with Crippen molar-refractivity contribution in [1.82, 2.24) is 14.5 Å². The second kappa shape index (κ2) is 9.78. The smallest absolute Gasteiger partial charge is 0.254 e. The lowest BCUT2D eigenvalue weighted by molar-refractivity contribution is 0.0729. The number of halogens is 1. The summed E-state index contributed by atoms with van der Waals surface area (Å²) in [6.07, 6.45) is 3.71. The molecule has 5 rings (SSSR count). The van der Waals surface area contributed by atoms with Crippen molar-refractivity contribution in [2.75, 3.05) is 13.3 Å². The van der Waals surface area contributed by atoms with Gasteiger partial charge in [-0.15, -0.1) is 0 Å². The van der Waals surface area contributed by atoms with Crippen LogP contribution in [0.3, 0.4) is 0 Å². The third-order valence-electron chi connectivity index (χ3n) is 6.37. The minimum Gasteiger partial charge on any atom is -0.454 e. The third-order valence-corrected chi connectivity index (χ3v) is 8.29. The van der Waals surface area contributed by atoms with E-state index in [1.165, 1.54) is 0 Å². The molecule has 1 aliphatic carbocycles. The normalized spacial score (nSPS) is 14.9. The Morgan fingerprint density at radius 3 is 2.64 bits per heavy atom. The van der Waals surface area contributed by atoms with Gasteiger partial charge in [-0.2, -0.15) is 0 Å². The van der Waals surface area contributed by atoms with E-state index in [1.807, 2.05) is 13.8 Å². The van der Waals surface area contributed by atoms with Gasteiger partial charge in [-0.3, -0.25) is 4.79 Å². The van der Waals surface area contributed by atoms with E-state index in [-0.39, 0.29) is 36.2 Å². The average molecular weight is 530 g/mol. The molecule has 0 unspecified atom stereocenters. The maximum absolute atomic E-state index is 13.5. The molecular formula is C26H28ClN3O5S. The molecule has 1 aliphatic heterocycles. The van der Waals surface area contributed by atoms with Crippen LogP contribution in [0.1, 0.15) is 54.3 Å². The first kappa shape index (κ1) is 24.6. The second-order valence-electron chi connectivity index (χ2n) is 9.54. The van der Waals surface area contributed by atoms with Gasteiger partial charge in [0.2, 0.25) is 21.8 Å². The fraction of sp³-hybridized carbons (Fsp3) is 0.385. The number of ether oxygens (including phenoxy) is 2. The van der Waals surface area contributed by atoms with Crippen molar-refractivity contribution in [3.8, 4) is 11.5 Å². The van der Waals surface area contributed by atoms with Crippen LogP contribution in [0.2, 0.25) is 5.02 Å². The molecule has 0 bridgehead atoms. The summed E-state index contributed by atoms with van der Waals surface area (Å²) >= 11 is 6.22. The van der Waals surface area contributed by atoms with Crippen LogP contribution in [0.5, 0.6) is 11.5 Å². The summed E-state index contributed by atoms with van der Waals surface area (Å²) in [4.78, 5) is 19.6. The van der Waals surface area contributed by atoms with Gasteiger partial charge in [0, 0.05) is 23.2 Å². The Kier molecular flexibility index (Phi) is 6.70. The van der Waals surface area contributed by atoms with Crippen molar-refractivity contribution in [2.24, 2.45) is 5.92 Å². The van der Waals surface area contributed by atoms with Gasteiger partial charge in [0.25, 0.3) is 5.91 Å². The highest BCUT2D eigenvalue weighted by atomic mass is 35.5. The van der Waals surface area contributed by atoms with E-state index in [0.29, 0.717) is 45.8 Å². The second-order valence-corrected chi connectivity index (χ2v) is 11.8. The zero-order chi connectivity index (χ0) is 25.4. The highest BCUT2D eigenvalue weighted by molar-refractivity contribution is 7.90. The first-order valence-corrected chi connectivity index (χ1v) is 14.0. The van der Waals surface area contributed by atoms with Crippen LogP contribution in [0.25, 0.3) is 0 Å². The number of carbonyl (C=O) groups excluding carboxylic acids is 1. The number of benzene rings is 2. The number of fused-ring (bicyclic) bond motifs is 1. The summed E-state index contributed by atoms with van der Waals surface area (Å²) in [7, 11) is -3.78. The predicted octanol–water partition coefficient (Wildman–Crippen LogP) is 4.87. The van der Waals surface area contributed by atoms with Crippen molar-refractivity contribution >= 4 is 27.3 Å². The van der Waals surface area contributed by atoms with Crippen molar-refractivity contribution < 1.29 is 22.7 Å². The van der Waals surface area contributed by atoms with Gasteiger partial charge < -0.3 is 18.9 Å². The molecule has 8 nitrogen and oxygen atoms in total. The highest BCUT2D eigenvalue weighted by Gasteiger charge is 2.31. The van der Waals surface area contributed by atoms with Gasteiger partial charge in [-0.25, -0.2) is 13.4 Å². The van der Waals surface area contributed by atoms with E-state index < -0.39 is 9.84 Å². The van der Waals surface area contributed by atoms with E-state index in [4.69, 9.17) is 21.1 Å². The number of imidazole rings is 1. The van der Waals surface area contributed by atoms with E-state index in [9.17, 15) is 13.2 Å². The zero-order valence-corrected chi connectivity index (χ0v) is 21.8. The molecule has 190 valence electrons. The molecule has 3 aromatic rings. The average Bonchev–Trinajstić information content (AvgIpc) is 3.35. The van der Waals surface area contributed by atoms with Crippen LogP contribution in [0.4, 0.5) is 0 Å². The summed E-state index contributed by atoms with van der Waals surface area (Å²) in [6, 6.07) is 11.9. The molecule has 2 heterocycles. The van der Waals surface area contributed by atoms with Crippen molar-refractivity contribution in [3.05, 3.63) is 70.5 Å². The standard InChI is InChI=1S/C26H28ClN3O5S/c1-17(2)30-21(12-28-26(30)36(32,33)15-20-5-3-4-6-22(20)27)14-29(13-18-7-8-18)25(31)19-9-10-23-24(11-19)35-16-34-23/h3-6,9-12,17-18H,7-8,13-16H2,1-2H3. The van der Waals surface area contributed by atoms with Gasteiger partial charge in [-0.05, 0) is 62.4 Å². The number of sulfone groups is 1. The van der Waals surface area contributed by atoms with Crippen molar-refractivity contribution in [2.45, 2.75) is 50.2 Å². The number of hydrogen-bond acceptors (Lipinski definition) is 6. The minimum absolute atomic E-state index is 0.0191. The van der Waals surface area contributed by atoms with Gasteiger partial charge in [0.1, 0.15) is 0 Å². The maximum atomic E-state index is 13.5. The highest BCUT2D eigenvalue weighted by Crippen LogP contribution is 2.35. The number of hydrogen-bond donors (Lipinski definition) is 0. The maximum Gasteiger partial charge on any atom is 0.254 e. The molecule has 1 fully saturated rings. The Morgan fingerprint density at radius 2 is 1.92 bits per heavy atom. The summed E-state index contributed by atoms with van der Waals surface area (Å²) in [6.45, 7) is 4.79. The molecule has 0 radical (unpaired) electrons. The number of aromatic nitrogens is 2. The Balaban J connectivity index is 1.44. The van der Waals surface area contributed by atoms with E-state index in [1.54, 1.807) is 58.1 Å². The molecule has 36 heavy (non-hydrogen) atoms. The molecule has 2 aromatic carbocycles. The largest absolute Gasteiger partial charge is 0.454 e. The number of amides is 1. The predicted molar refractivity (Wildman–Crippen MR) is 135 cm³/mol. The number of nitrogens with zero attached hydrogens (tertiary/aromatic N) is 3. The van der Waals surface area contributed by atoms with Crippen molar-refractivity contribution in [3.63, 3.8) is 0 Å². The Bertz CT molecular complexity index is 1400. The summed E-state index contributed by atoms with van der Waals surface area (Å²) in [5.74, 6) is 1.22.